The van der Waals surface area contributed by atoms with Gasteiger partial charge in [0.1, 0.15) is 0 Å². The number of aromatic nitrogens is 3. The predicted octanol–water partition coefficient (Wildman–Crippen LogP) is 1.89. The number of ether oxygens (including phenoxy) is 1. The van der Waals surface area contributed by atoms with Crippen LogP contribution in [0.3, 0.4) is 0 Å². The minimum absolute atomic E-state index is 0.225. The largest absolute Gasteiger partial charge is 0.480 e. The molecule has 5 nitrogen and oxygen atoms in total. The first-order valence-corrected chi connectivity index (χ1v) is 6.22. The second kappa shape index (κ2) is 5.88. The molecule has 0 radical (unpaired) electrons. The quantitative estimate of drug-likeness (QED) is 0.933. The van der Waals surface area contributed by atoms with Gasteiger partial charge in [-0.15, -0.1) is 5.10 Å². The fourth-order valence-electron chi connectivity index (χ4n) is 1.49. The number of hydrogen-bond donors (Lipinski definition) is 1. The van der Waals surface area contributed by atoms with Crippen LogP contribution in [0.2, 0.25) is 0 Å². The smallest absolute Gasteiger partial charge is 0.233 e. The molecule has 1 unspecified atom stereocenters. The van der Waals surface area contributed by atoms with Gasteiger partial charge in [-0.3, -0.25) is 4.98 Å². The molecule has 2 rings (SSSR count). The third kappa shape index (κ3) is 3.24. The van der Waals surface area contributed by atoms with Crippen molar-refractivity contribution in [3.05, 3.63) is 46.3 Å². The molecule has 2 aromatic heterocycles. The van der Waals surface area contributed by atoms with E-state index in [1.165, 1.54) is 0 Å². The van der Waals surface area contributed by atoms with Crippen LogP contribution < -0.4 is 10.5 Å². The van der Waals surface area contributed by atoms with E-state index in [4.69, 9.17) is 10.5 Å². The Kier molecular flexibility index (Phi) is 4.22. The van der Waals surface area contributed by atoms with Crippen LogP contribution >= 0.6 is 15.9 Å². The number of pyridine rings is 1. The molecule has 6 heteroatoms. The zero-order chi connectivity index (χ0) is 13.0. The summed E-state index contributed by atoms with van der Waals surface area (Å²) in [5, 5.41) is 7.92. The van der Waals surface area contributed by atoms with Gasteiger partial charge in [0.05, 0.1) is 18.8 Å². The van der Waals surface area contributed by atoms with E-state index < -0.39 is 0 Å². The SMILES string of the molecule is COc1ccc(C(N)Cc2ccc(Br)cn2)nn1. The topological polar surface area (TPSA) is 73.9 Å². The maximum absolute atomic E-state index is 6.06. The first kappa shape index (κ1) is 12.9. The Bertz CT molecular complexity index is 500. The maximum atomic E-state index is 6.06. The van der Waals surface area contributed by atoms with Crippen molar-refractivity contribution in [1.82, 2.24) is 15.2 Å². The molecule has 0 spiro atoms. The normalized spacial score (nSPS) is 12.2. The van der Waals surface area contributed by atoms with Crippen molar-refractivity contribution in [2.75, 3.05) is 7.11 Å². The Balaban J connectivity index is 2.06. The molecule has 0 fully saturated rings. The van der Waals surface area contributed by atoms with E-state index >= 15 is 0 Å². The third-order valence-corrected chi connectivity index (χ3v) is 2.94. The van der Waals surface area contributed by atoms with Gasteiger partial charge in [-0.05, 0) is 34.1 Å². The lowest BCUT2D eigenvalue weighted by atomic mass is 10.1. The minimum atomic E-state index is -0.225. The molecule has 1 atom stereocenters. The lowest BCUT2D eigenvalue weighted by Crippen LogP contribution is -2.16. The first-order chi connectivity index (χ1) is 8.69. The summed E-state index contributed by atoms with van der Waals surface area (Å²) in [6.45, 7) is 0. The van der Waals surface area contributed by atoms with Gasteiger partial charge in [0.25, 0.3) is 0 Å². The van der Waals surface area contributed by atoms with E-state index in [0.29, 0.717) is 12.3 Å². The van der Waals surface area contributed by atoms with Gasteiger partial charge < -0.3 is 10.5 Å². The average molecular weight is 309 g/mol. The monoisotopic (exact) mass is 308 g/mol. The van der Waals surface area contributed by atoms with Gasteiger partial charge in [0, 0.05) is 28.9 Å². The fourth-order valence-corrected chi connectivity index (χ4v) is 1.73. The molecular weight excluding hydrogens is 296 g/mol. The zero-order valence-electron chi connectivity index (χ0n) is 9.88. The third-order valence-electron chi connectivity index (χ3n) is 2.47. The Morgan fingerprint density at radius 1 is 1.28 bits per heavy atom. The zero-order valence-corrected chi connectivity index (χ0v) is 11.5. The minimum Gasteiger partial charge on any atom is -0.480 e. The maximum Gasteiger partial charge on any atom is 0.233 e. The van der Waals surface area contributed by atoms with E-state index in [1.807, 2.05) is 18.2 Å². The number of nitrogens with zero attached hydrogens (tertiary/aromatic N) is 3. The van der Waals surface area contributed by atoms with E-state index in [9.17, 15) is 0 Å². The second-order valence-electron chi connectivity index (χ2n) is 3.78. The summed E-state index contributed by atoms with van der Waals surface area (Å²) in [5.74, 6) is 0.479. The van der Waals surface area contributed by atoms with Crippen LogP contribution in [0, 0.1) is 0 Å². The van der Waals surface area contributed by atoms with Crippen molar-refractivity contribution in [3.63, 3.8) is 0 Å². The van der Waals surface area contributed by atoms with Crippen LogP contribution in [-0.2, 0) is 6.42 Å². The fraction of sp³-hybridized carbons (Fsp3) is 0.250. The van der Waals surface area contributed by atoms with Crippen molar-refractivity contribution in [1.29, 1.82) is 0 Å². The highest BCUT2D eigenvalue weighted by Crippen LogP contribution is 2.15. The average Bonchev–Trinajstić information content (AvgIpc) is 2.41. The summed E-state index contributed by atoms with van der Waals surface area (Å²) in [5.41, 5.74) is 7.70. The number of nitrogens with two attached hydrogens (primary N) is 1. The van der Waals surface area contributed by atoms with Gasteiger partial charge in [-0.25, -0.2) is 0 Å². The molecule has 0 aliphatic rings. The molecule has 0 bridgehead atoms. The highest BCUT2D eigenvalue weighted by molar-refractivity contribution is 9.10. The predicted molar refractivity (Wildman–Crippen MR) is 71.2 cm³/mol. The highest BCUT2D eigenvalue weighted by Gasteiger charge is 2.10. The Morgan fingerprint density at radius 3 is 2.67 bits per heavy atom. The van der Waals surface area contributed by atoms with Crippen LogP contribution in [0.15, 0.2) is 34.9 Å². The molecule has 2 N–H and O–H groups in total. The standard InChI is InChI=1S/C12H13BrN4O/c1-18-12-5-4-11(16-17-12)10(14)6-9-3-2-8(13)7-15-9/h2-5,7,10H,6,14H2,1H3. The molecule has 2 aromatic rings. The van der Waals surface area contributed by atoms with E-state index in [0.717, 1.165) is 15.9 Å². The summed E-state index contributed by atoms with van der Waals surface area (Å²) >= 11 is 3.34. The number of hydrogen-bond acceptors (Lipinski definition) is 5. The molecule has 0 aliphatic carbocycles. The molecule has 0 saturated carbocycles. The van der Waals surface area contributed by atoms with E-state index in [-0.39, 0.29) is 6.04 Å². The molecule has 0 aliphatic heterocycles. The summed E-state index contributed by atoms with van der Waals surface area (Å²) < 4.78 is 5.90. The van der Waals surface area contributed by atoms with Gasteiger partial charge in [-0.1, -0.05) is 0 Å². The van der Waals surface area contributed by atoms with Gasteiger partial charge >= 0.3 is 0 Å². The lowest BCUT2D eigenvalue weighted by Gasteiger charge is -2.10. The van der Waals surface area contributed by atoms with Crippen molar-refractivity contribution in [2.24, 2.45) is 5.73 Å². The Morgan fingerprint density at radius 2 is 2.11 bits per heavy atom. The molecule has 2 heterocycles. The van der Waals surface area contributed by atoms with Gasteiger partial charge in [0.2, 0.25) is 5.88 Å². The number of rotatable bonds is 4. The molecule has 0 saturated heterocycles. The van der Waals surface area contributed by atoms with Crippen molar-refractivity contribution >= 4 is 15.9 Å². The summed E-state index contributed by atoms with van der Waals surface area (Å²) in [6, 6.07) is 7.21. The van der Waals surface area contributed by atoms with Crippen molar-refractivity contribution in [2.45, 2.75) is 12.5 Å². The summed E-state index contributed by atoms with van der Waals surface area (Å²) in [6.07, 6.45) is 2.37. The van der Waals surface area contributed by atoms with Crippen LogP contribution in [0.4, 0.5) is 0 Å². The Hall–Kier alpha value is -1.53. The van der Waals surface area contributed by atoms with Gasteiger partial charge in [0.15, 0.2) is 0 Å². The van der Waals surface area contributed by atoms with Crippen molar-refractivity contribution in [3.8, 4) is 5.88 Å². The Labute approximate surface area is 114 Å². The molecular formula is C12H13BrN4O. The van der Waals surface area contributed by atoms with Crippen LogP contribution in [0.1, 0.15) is 17.4 Å². The molecule has 0 aromatic carbocycles. The van der Waals surface area contributed by atoms with E-state index in [2.05, 4.69) is 31.1 Å². The number of methoxy groups -OCH3 is 1. The molecule has 18 heavy (non-hydrogen) atoms. The molecule has 0 amide bonds. The van der Waals surface area contributed by atoms with Gasteiger partial charge in [-0.2, -0.15) is 5.10 Å². The van der Waals surface area contributed by atoms with Crippen molar-refractivity contribution < 1.29 is 4.74 Å². The van der Waals surface area contributed by atoms with Crippen LogP contribution in [0.5, 0.6) is 5.88 Å². The first-order valence-electron chi connectivity index (χ1n) is 5.42. The van der Waals surface area contributed by atoms with Crippen LogP contribution in [-0.4, -0.2) is 22.3 Å². The molecule has 94 valence electrons. The lowest BCUT2D eigenvalue weighted by molar-refractivity contribution is 0.390. The van der Waals surface area contributed by atoms with Crippen LogP contribution in [0.25, 0.3) is 0 Å². The second-order valence-corrected chi connectivity index (χ2v) is 4.69. The highest BCUT2D eigenvalue weighted by atomic mass is 79.9. The summed E-state index contributed by atoms with van der Waals surface area (Å²) in [4.78, 5) is 4.28. The van der Waals surface area contributed by atoms with E-state index in [1.54, 1.807) is 19.4 Å². The summed E-state index contributed by atoms with van der Waals surface area (Å²) in [7, 11) is 1.55. The number of halogens is 1.